The zero-order valence-electron chi connectivity index (χ0n) is 7.32. The van der Waals surface area contributed by atoms with Crippen molar-refractivity contribution < 1.29 is 19.3 Å². The number of carbonyl (C=O) groups excluding carboxylic acids is 1. The van der Waals surface area contributed by atoms with Crippen molar-refractivity contribution in [2.24, 2.45) is 0 Å². The van der Waals surface area contributed by atoms with Gasteiger partial charge in [0, 0.05) is 0 Å². The van der Waals surface area contributed by atoms with Crippen LogP contribution in [0.5, 0.6) is 0 Å². The molecule has 13 heavy (non-hydrogen) atoms. The number of nitrogens with one attached hydrogen (secondary N) is 1. The van der Waals surface area contributed by atoms with E-state index in [9.17, 15) is 4.79 Å². The van der Waals surface area contributed by atoms with Gasteiger partial charge < -0.3 is 10.1 Å². The van der Waals surface area contributed by atoms with Crippen LogP contribution in [-0.2, 0) is 19.3 Å². The van der Waals surface area contributed by atoms with Crippen LogP contribution in [0.4, 0.5) is 0 Å². The van der Waals surface area contributed by atoms with Crippen molar-refractivity contribution in [3.05, 3.63) is 0 Å². The van der Waals surface area contributed by atoms with Crippen molar-refractivity contribution in [3.63, 3.8) is 0 Å². The van der Waals surface area contributed by atoms with Crippen molar-refractivity contribution in [1.82, 2.24) is 5.32 Å². The normalized spacial score (nSPS) is 31.8. The van der Waals surface area contributed by atoms with Gasteiger partial charge in [0.25, 0.3) is 6.47 Å². The molecule has 74 valence electrons. The lowest BCUT2D eigenvalue weighted by molar-refractivity contribution is -0.315. The summed E-state index contributed by atoms with van der Waals surface area (Å²) in [6.45, 7) is 2.56. The Labute approximate surface area is 76.3 Å². The van der Waals surface area contributed by atoms with Crippen LogP contribution in [0.1, 0.15) is 12.8 Å². The first-order valence-electron chi connectivity index (χ1n) is 4.48. The van der Waals surface area contributed by atoms with E-state index in [1.165, 1.54) is 0 Å². The molecule has 2 saturated heterocycles. The zero-order valence-corrected chi connectivity index (χ0v) is 7.32. The van der Waals surface area contributed by atoms with Crippen molar-refractivity contribution in [1.29, 1.82) is 0 Å². The third-order valence-corrected chi connectivity index (χ3v) is 2.70. The van der Waals surface area contributed by atoms with Crippen LogP contribution in [0.15, 0.2) is 0 Å². The van der Waals surface area contributed by atoms with Crippen LogP contribution in [0.2, 0.25) is 0 Å². The second kappa shape index (κ2) is 3.61. The summed E-state index contributed by atoms with van der Waals surface area (Å²) in [4.78, 5) is 20.4. The Bertz CT molecular complexity index is 191. The van der Waals surface area contributed by atoms with Gasteiger partial charge in [0.15, 0.2) is 6.10 Å². The molecule has 0 radical (unpaired) electrons. The molecule has 5 heteroatoms. The summed E-state index contributed by atoms with van der Waals surface area (Å²) >= 11 is 0. The fourth-order valence-electron chi connectivity index (χ4n) is 1.90. The average Bonchev–Trinajstić information content (AvgIpc) is 2.52. The topological polar surface area (TPSA) is 56.8 Å². The molecule has 2 heterocycles. The molecule has 1 N–H and O–H groups in total. The molecule has 0 aliphatic carbocycles. The van der Waals surface area contributed by atoms with E-state index in [1.807, 2.05) is 0 Å². The lowest BCUT2D eigenvalue weighted by atomic mass is 9.87. The quantitative estimate of drug-likeness (QED) is 0.471. The van der Waals surface area contributed by atoms with E-state index in [4.69, 9.17) is 14.5 Å². The fraction of sp³-hybridized carbons (Fsp3) is 0.875. The number of piperidine rings is 1. The standard InChI is InChI=1S/C8H13NO4/c10-6-11-7-5-12-13-8(7)1-3-9-4-2-8/h6-7,9H,1-5H2. The molecule has 2 fully saturated rings. The molecule has 2 rings (SSSR count). The molecule has 0 saturated carbocycles. The molecule has 2 aliphatic rings. The molecule has 5 nitrogen and oxygen atoms in total. The first-order chi connectivity index (χ1) is 6.37. The van der Waals surface area contributed by atoms with Crippen molar-refractivity contribution in [2.75, 3.05) is 19.7 Å². The highest BCUT2D eigenvalue weighted by molar-refractivity contribution is 5.38. The highest BCUT2D eigenvalue weighted by Crippen LogP contribution is 2.33. The Balaban J connectivity index is 2.04. The summed E-state index contributed by atoms with van der Waals surface area (Å²) < 4.78 is 4.94. The first-order valence-corrected chi connectivity index (χ1v) is 4.48. The molecule has 0 aromatic rings. The van der Waals surface area contributed by atoms with E-state index in [1.54, 1.807) is 0 Å². The summed E-state index contributed by atoms with van der Waals surface area (Å²) in [6.07, 6.45) is 1.41. The molecule has 2 aliphatic heterocycles. The van der Waals surface area contributed by atoms with Gasteiger partial charge in [-0.15, -0.1) is 0 Å². The van der Waals surface area contributed by atoms with E-state index < -0.39 is 5.60 Å². The van der Waals surface area contributed by atoms with Gasteiger partial charge in [-0.05, 0) is 25.9 Å². The number of rotatable bonds is 2. The molecule has 0 bridgehead atoms. The SMILES string of the molecule is O=COC1COOC12CCNCC2. The van der Waals surface area contributed by atoms with Gasteiger partial charge in [-0.25, -0.2) is 9.78 Å². The van der Waals surface area contributed by atoms with Crippen molar-refractivity contribution in [2.45, 2.75) is 24.5 Å². The average molecular weight is 187 g/mol. The summed E-state index contributed by atoms with van der Waals surface area (Å²) in [5.74, 6) is 0. The monoisotopic (exact) mass is 187 g/mol. The van der Waals surface area contributed by atoms with Crippen molar-refractivity contribution >= 4 is 6.47 Å². The Hall–Kier alpha value is -0.650. The van der Waals surface area contributed by atoms with Gasteiger partial charge in [0.1, 0.15) is 12.2 Å². The smallest absolute Gasteiger partial charge is 0.293 e. The summed E-state index contributed by atoms with van der Waals surface area (Å²) in [5, 5.41) is 3.22. The summed E-state index contributed by atoms with van der Waals surface area (Å²) in [5.41, 5.74) is -0.397. The minimum absolute atomic E-state index is 0.243. The van der Waals surface area contributed by atoms with E-state index >= 15 is 0 Å². The van der Waals surface area contributed by atoms with Crippen LogP contribution >= 0.6 is 0 Å². The number of ether oxygens (including phenoxy) is 1. The Morgan fingerprint density at radius 1 is 1.46 bits per heavy atom. The Morgan fingerprint density at radius 2 is 2.23 bits per heavy atom. The maximum absolute atomic E-state index is 10.2. The van der Waals surface area contributed by atoms with Crippen LogP contribution in [0.25, 0.3) is 0 Å². The lowest BCUT2D eigenvalue weighted by Gasteiger charge is -2.33. The predicted molar refractivity (Wildman–Crippen MR) is 42.8 cm³/mol. The maximum Gasteiger partial charge on any atom is 0.293 e. The fourth-order valence-corrected chi connectivity index (χ4v) is 1.90. The summed E-state index contributed by atoms with van der Waals surface area (Å²) in [6, 6.07) is 0. The molecular weight excluding hydrogens is 174 g/mol. The van der Waals surface area contributed by atoms with Gasteiger partial charge in [0.2, 0.25) is 0 Å². The third kappa shape index (κ3) is 1.54. The molecule has 1 unspecified atom stereocenters. The molecule has 0 amide bonds. The van der Waals surface area contributed by atoms with E-state index in [-0.39, 0.29) is 6.10 Å². The molecule has 1 spiro atoms. The minimum atomic E-state index is -0.397. The second-order valence-corrected chi connectivity index (χ2v) is 3.40. The molecule has 1 atom stereocenters. The highest BCUT2D eigenvalue weighted by Gasteiger charge is 2.48. The number of hydrogen-bond acceptors (Lipinski definition) is 5. The Morgan fingerprint density at radius 3 is 2.92 bits per heavy atom. The van der Waals surface area contributed by atoms with Crippen molar-refractivity contribution in [3.8, 4) is 0 Å². The maximum atomic E-state index is 10.2. The first kappa shape index (κ1) is 8.93. The zero-order chi connectivity index (χ0) is 9.15. The van der Waals surface area contributed by atoms with Crippen LogP contribution in [0, 0.1) is 0 Å². The number of hydrogen-bond donors (Lipinski definition) is 1. The van der Waals surface area contributed by atoms with E-state index in [2.05, 4.69) is 5.32 Å². The largest absolute Gasteiger partial charge is 0.459 e. The van der Waals surface area contributed by atoms with Gasteiger partial charge >= 0.3 is 0 Å². The third-order valence-electron chi connectivity index (χ3n) is 2.70. The highest BCUT2D eigenvalue weighted by atomic mass is 17.2. The lowest BCUT2D eigenvalue weighted by Crippen LogP contribution is -2.49. The second-order valence-electron chi connectivity index (χ2n) is 3.40. The van der Waals surface area contributed by atoms with Gasteiger partial charge in [-0.2, -0.15) is 0 Å². The minimum Gasteiger partial charge on any atom is -0.459 e. The van der Waals surface area contributed by atoms with Crippen LogP contribution < -0.4 is 5.32 Å². The van der Waals surface area contributed by atoms with E-state index in [0.717, 1.165) is 25.9 Å². The molecule has 0 aromatic carbocycles. The van der Waals surface area contributed by atoms with Gasteiger partial charge in [-0.1, -0.05) is 0 Å². The summed E-state index contributed by atoms with van der Waals surface area (Å²) in [7, 11) is 0. The number of carbonyl (C=O) groups is 1. The van der Waals surface area contributed by atoms with Gasteiger partial charge in [-0.3, -0.25) is 4.79 Å². The molecule has 0 aromatic heterocycles. The van der Waals surface area contributed by atoms with Crippen LogP contribution in [-0.4, -0.2) is 37.9 Å². The predicted octanol–water partition coefficient (Wildman–Crippen LogP) is -0.388. The van der Waals surface area contributed by atoms with E-state index in [0.29, 0.717) is 13.1 Å². The van der Waals surface area contributed by atoms with Crippen LogP contribution in [0.3, 0.4) is 0 Å². The Kier molecular flexibility index (Phi) is 2.48. The molecular formula is C8H13NO4. The van der Waals surface area contributed by atoms with Gasteiger partial charge in [0.05, 0.1) is 0 Å².